The zero-order valence-corrected chi connectivity index (χ0v) is 20.8. The molecule has 0 spiro atoms. The summed E-state index contributed by atoms with van der Waals surface area (Å²) in [6.45, 7) is 14.1. The first-order chi connectivity index (χ1) is 14.3. The molecule has 1 aliphatic carbocycles. The van der Waals surface area contributed by atoms with Gasteiger partial charge in [-0.2, -0.15) is 0 Å². The Bertz CT molecular complexity index is 604. The van der Waals surface area contributed by atoms with Gasteiger partial charge in [0.25, 0.3) is 0 Å². The number of ether oxygens (including phenoxy) is 2. The fourth-order valence-corrected chi connectivity index (χ4v) is 4.99. The first-order valence-corrected chi connectivity index (χ1v) is 12.2. The van der Waals surface area contributed by atoms with Gasteiger partial charge in [0.15, 0.2) is 0 Å². The molecular weight excluding hydrogens is 394 g/mol. The highest BCUT2D eigenvalue weighted by atomic mass is 16.6. The quantitative estimate of drug-likeness (QED) is 0.464. The van der Waals surface area contributed by atoms with Gasteiger partial charge in [-0.05, 0) is 71.6 Å². The van der Waals surface area contributed by atoms with Gasteiger partial charge in [-0.3, -0.25) is 9.69 Å². The van der Waals surface area contributed by atoms with Gasteiger partial charge in [-0.1, -0.05) is 46.0 Å². The van der Waals surface area contributed by atoms with Crippen molar-refractivity contribution in [1.29, 1.82) is 0 Å². The topological polar surface area (TPSA) is 76.1 Å². The van der Waals surface area contributed by atoms with Gasteiger partial charge in [0.05, 0.1) is 18.1 Å². The summed E-state index contributed by atoms with van der Waals surface area (Å²) in [4.78, 5) is 25.7. The summed E-state index contributed by atoms with van der Waals surface area (Å²) >= 11 is 0. The molecule has 0 bridgehead atoms. The van der Waals surface area contributed by atoms with Crippen molar-refractivity contribution in [2.24, 2.45) is 23.2 Å². The van der Waals surface area contributed by atoms with Gasteiger partial charge in [0.1, 0.15) is 11.8 Å². The predicted octanol–water partition coefficient (Wildman–Crippen LogP) is 6.08. The molecular formula is C25H45NO5. The van der Waals surface area contributed by atoms with Crippen LogP contribution in [0, 0.1) is 23.2 Å². The van der Waals surface area contributed by atoms with Crippen molar-refractivity contribution in [3.63, 3.8) is 0 Å². The molecule has 6 heteroatoms. The third-order valence-corrected chi connectivity index (χ3v) is 7.00. The smallest absolute Gasteiger partial charge is 0.409 e. The van der Waals surface area contributed by atoms with Crippen LogP contribution in [0.25, 0.3) is 0 Å². The highest BCUT2D eigenvalue weighted by Gasteiger charge is 2.43. The summed E-state index contributed by atoms with van der Waals surface area (Å²) in [6, 6.07) is 0. The number of carbonyl (C=O) groups excluding carboxylic acids is 1. The molecule has 0 aromatic rings. The van der Waals surface area contributed by atoms with E-state index in [-0.39, 0.29) is 18.2 Å². The van der Waals surface area contributed by atoms with E-state index in [1.165, 1.54) is 37.0 Å². The van der Waals surface area contributed by atoms with Gasteiger partial charge < -0.3 is 14.6 Å². The number of nitrogens with zero attached hydrogens (tertiary/aromatic N) is 1. The van der Waals surface area contributed by atoms with Crippen molar-refractivity contribution in [1.82, 2.24) is 4.90 Å². The van der Waals surface area contributed by atoms with E-state index in [2.05, 4.69) is 13.8 Å². The molecule has 0 aromatic carbocycles. The third kappa shape index (κ3) is 7.65. The number of hydrogen-bond donors (Lipinski definition) is 1. The lowest BCUT2D eigenvalue weighted by molar-refractivity contribution is -0.161. The number of carboxylic acid groups (broad SMARTS) is 1. The van der Waals surface area contributed by atoms with Crippen LogP contribution in [-0.2, 0) is 14.3 Å². The third-order valence-electron chi connectivity index (χ3n) is 7.00. The molecule has 1 unspecified atom stereocenters. The van der Waals surface area contributed by atoms with Gasteiger partial charge >= 0.3 is 12.1 Å². The lowest BCUT2D eigenvalue weighted by Gasteiger charge is -2.33. The normalized spacial score (nSPS) is 24.3. The standard InChI is InChI=1S/C25H45NO5/c1-17(2)19(15-21-16-26(23(28)29)25(6,7)31-21)14-20(30-22(27)24(3,4)5)13-18-11-9-8-10-12-18/h17-21H,8-16H2,1-7H3,(H,28,29)/t19-,20-,21?/m0/s1. The minimum Gasteiger partial charge on any atom is -0.465 e. The van der Waals surface area contributed by atoms with E-state index in [4.69, 9.17) is 9.47 Å². The molecule has 6 nitrogen and oxygen atoms in total. The minimum atomic E-state index is -0.942. The second-order valence-electron chi connectivity index (χ2n) is 11.6. The molecule has 1 saturated heterocycles. The average molecular weight is 440 g/mol. The first-order valence-electron chi connectivity index (χ1n) is 12.2. The predicted molar refractivity (Wildman–Crippen MR) is 122 cm³/mol. The van der Waals surface area contributed by atoms with Crippen molar-refractivity contribution in [3.8, 4) is 0 Å². The second kappa shape index (κ2) is 10.5. The number of amides is 1. The molecule has 1 N–H and O–H groups in total. The van der Waals surface area contributed by atoms with Crippen molar-refractivity contribution < 1.29 is 24.2 Å². The molecule has 0 aromatic heterocycles. The molecule has 1 amide bonds. The Morgan fingerprint density at radius 2 is 1.74 bits per heavy atom. The number of esters is 1. The van der Waals surface area contributed by atoms with E-state index < -0.39 is 17.2 Å². The Kier molecular flexibility index (Phi) is 8.83. The van der Waals surface area contributed by atoms with Gasteiger partial charge in [0.2, 0.25) is 0 Å². The molecule has 1 saturated carbocycles. The van der Waals surface area contributed by atoms with Gasteiger partial charge in [0, 0.05) is 0 Å². The largest absolute Gasteiger partial charge is 0.465 e. The van der Waals surface area contributed by atoms with Crippen LogP contribution in [0.4, 0.5) is 4.79 Å². The van der Waals surface area contributed by atoms with Crippen LogP contribution in [0.1, 0.15) is 99.8 Å². The summed E-state index contributed by atoms with van der Waals surface area (Å²) < 4.78 is 12.2. The fraction of sp³-hybridized carbons (Fsp3) is 0.920. The van der Waals surface area contributed by atoms with Crippen molar-refractivity contribution in [2.75, 3.05) is 6.54 Å². The Balaban J connectivity index is 2.08. The van der Waals surface area contributed by atoms with E-state index in [1.807, 2.05) is 34.6 Å². The van der Waals surface area contributed by atoms with Crippen LogP contribution in [0.3, 0.4) is 0 Å². The van der Waals surface area contributed by atoms with Gasteiger partial charge in [-0.25, -0.2) is 4.79 Å². The monoisotopic (exact) mass is 439 g/mol. The van der Waals surface area contributed by atoms with Crippen LogP contribution in [-0.4, -0.2) is 46.5 Å². The number of carbonyl (C=O) groups is 2. The Hall–Kier alpha value is -1.30. The maximum absolute atomic E-state index is 12.7. The van der Waals surface area contributed by atoms with E-state index in [0.717, 1.165) is 19.3 Å². The zero-order chi connectivity index (χ0) is 23.4. The summed E-state index contributed by atoms with van der Waals surface area (Å²) in [5.41, 5.74) is -1.32. The summed E-state index contributed by atoms with van der Waals surface area (Å²) in [5.74, 6) is 1.19. The van der Waals surface area contributed by atoms with Gasteiger partial charge in [-0.15, -0.1) is 0 Å². The lowest BCUT2D eigenvalue weighted by atomic mass is 9.80. The molecule has 0 radical (unpaired) electrons. The number of hydrogen-bond acceptors (Lipinski definition) is 4. The maximum Gasteiger partial charge on any atom is 0.409 e. The Morgan fingerprint density at radius 1 is 1.13 bits per heavy atom. The Labute approximate surface area is 189 Å². The summed E-state index contributed by atoms with van der Waals surface area (Å²) in [7, 11) is 0. The number of rotatable bonds is 8. The molecule has 3 atom stereocenters. The van der Waals surface area contributed by atoms with Crippen LogP contribution in [0.5, 0.6) is 0 Å². The van der Waals surface area contributed by atoms with Crippen LogP contribution >= 0.6 is 0 Å². The molecule has 31 heavy (non-hydrogen) atoms. The molecule has 2 aliphatic rings. The summed E-state index contributed by atoms with van der Waals surface area (Å²) in [5, 5.41) is 9.50. The SMILES string of the molecule is CC(C)[C@H](CC1CN(C(=O)O)C(C)(C)O1)C[C@H](CC1CCCCC1)OC(=O)C(C)(C)C. The lowest BCUT2D eigenvalue weighted by Crippen LogP contribution is -2.42. The van der Waals surface area contributed by atoms with Crippen molar-refractivity contribution in [3.05, 3.63) is 0 Å². The van der Waals surface area contributed by atoms with Crippen LogP contribution in [0.15, 0.2) is 0 Å². The molecule has 180 valence electrons. The van der Waals surface area contributed by atoms with Crippen molar-refractivity contribution >= 4 is 12.1 Å². The Morgan fingerprint density at radius 3 is 2.23 bits per heavy atom. The molecule has 2 rings (SSSR count). The first kappa shape index (κ1) is 26.0. The zero-order valence-electron chi connectivity index (χ0n) is 20.8. The average Bonchev–Trinajstić information content (AvgIpc) is 2.95. The highest BCUT2D eigenvalue weighted by molar-refractivity contribution is 5.75. The van der Waals surface area contributed by atoms with E-state index in [0.29, 0.717) is 24.3 Å². The van der Waals surface area contributed by atoms with Crippen molar-refractivity contribution in [2.45, 2.75) is 118 Å². The second-order valence-corrected chi connectivity index (χ2v) is 11.6. The van der Waals surface area contributed by atoms with E-state index >= 15 is 0 Å². The maximum atomic E-state index is 12.7. The fourth-order valence-electron chi connectivity index (χ4n) is 4.99. The molecule has 1 aliphatic heterocycles. The van der Waals surface area contributed by atoms with E-state index in [1.54, 1.807) is 0 Å². The molecule has 2 fully saturated rings. The molecule has 1 heterocycles. The highest BCUT2D eigenvalue weighted by Crippen LogP contribution is 2.36. The van der Waals surface area contributed by atoms with E-state index in [9.17, 15) is 14.7 Å². The van der Waals surface area contributed by atoms with Crippen LogP contribution in [0.2, 0.25) is 0 Å². The minimum absolute atomic E-state index is 0.0905. The summed E-state index contributed by atoms with van der Waals surface area (Å²) in [6.07, 6.45) is 7.66. The van der Waals surface area contributed by atoms with Crippen LogP contribution < -0.4 is 0 Å².